The molecular weight excluding hydrogens is 345 g/mol. The standard InChI is InChI=1S/C20H21F3O3/c1-13(12-19(3,4)26-18(24)14(2)20(21,22)23)25-17-11-7-9-15-8-5-6-10-16(15)17/h5-11,13H,2,12H2,1,3-4H3. The topological polar surface area (TPSA) is 35.5 Å². The van der Waals surface area contributed by atoms with E-state index in [2.05, 4.69) is 6.58 Å². The third kappa shape index (κ3) is 5.00. The molecule has 0 aliphatic heterocycles. The highest BCUT2D eigenvalue weighted by atomic mass is 19.4. The van der Waals surface area contributed by atoms with Crippen LogP contribution in [-0.2, 0) is 9.53 Å². The Bertz CT molecular complexity index is 804. The first kappa shape index (κ1) is 19.8. The Kier molecular flexibility index (Phi) is 5.64. The van der Waals surface area contributed by atoms with Crippen LogP contribution in [0.5, 0.6) is 5.75 Å². The molecule has 140 valence electrons. The van der Waals surface area contributed by atoms with Crippen LogP contribution < -0.4 is 4.74 Å². The van der Waals surface area contributed by atoms with Crippen molar-refractivity contribution in [3.8, 4) is 5.75 Å². The maximum atomic E-state index is 12.5. The highest BCUT2D eigenvalue weighted by Crippen LogP contribution is 2.30. The zero-order valence-electron chi connectivity index (χ0n) is 14.9. The minimum atomic E-state index is -4.81. The maximum absolute atomic E-state index is 12.5. The average molecular weight is 366 g/mol. The SMILES string of the molecule is C=C(C(=O)OC(C)(C)CC(C)Oc1cccc2ccccc12)C(F)(F)F. The summed E-state index contributed by atoms with van der Waals surface area (Å²) in [4.78, 5) is 11.6. The van der Waals surface area contributed by atoms with Crippen molar-refractivity contribution in [1.82, 2.24) is 0 Å². The summed E-state index contributed by atoms with van der Waals surface area (Å²) in [5.74, 6) is -0.808. The van der Waals surface area contributed by atoms with Gasteiger partial charge in [-0.15, -0.1) is 0 Å². The van der Waals surface area contributed by atoms with Crippen LogP contribution in [0.25, 0.3) is 10.8 Å². The minimum Gasteiger partial charge on any atom is -0.490 e. The van der Waals surface area contributed by atoms with Crippen LogP contribution in [0.3, 0.4) is 0 Å². The van der Waals surface area contributed by atoms with Gasteiger partial charge < -0.3 is 9.47 Å². The number of carbonyl (C=O) groups is 1. The van der Waals surface area contributed by atoms with Crippen molar-refractivity contribution in [3.63, 3.8) is 0 Å². The molecule has 2 rings (SSSR count). The van der Waals surface area contributed by atoms with Crippen molar-refractivity contribution in [1.29, 1.82) is 0 Å². The lowest BCUT2D eigenvalue weighted by atomic mass is 10.0. The number of benzene rings is 2. The van der Waals surface area contributed by atoms with Gasteiger partial charge in [0.1, 0.15) is 16.9 Å². The molecule has 6 heteroatoms. The number of hydrogen-bond donors (Lipinski definition) is 0. The molecule has 0 amide bonds. The lowest BCUT2D eigenvalue weighted by molar-refractivity contribution is -0.163. The zero-order chi connectivity index (χ0) is 19.5. The van der Waals surface area contributed by atoms with Gasteiger partial charge in [0.05, 0.1) is 6.10 Å². The Morgan fingerprint density at radius 2 is 1.73 bits per heavy atom. The van der Waals surface area contributed by atoms with Gasteiger partial charge in [-0.25, -0.2) is 4.79 Å². The van der Waals surface area contributed by atoms with Gasteiger partial charge in [0, 0.05) is 11.8 Å². The fourth-order valence-corrected chi connectivity index (χ4v) is 2.72. The average Bonchev–Trinajstić information content (AvgIpc) is 2.52. The van der Waals surface area contributed by atoms with E-state index in [1.54, 1.807) is 6.92 Å². The van der Waals surface area contributed by atoms with Gasteiger partial charge in [0.25, 0.3) is 0 Å². The molecule has 0 spiro atoms. The summed E-state index contributed by atoms with van der Waals surface area (Å²) in [5.41, 5.74) is -2.66. The molecule has 2 aromatic carbocycles. The molecule has 0 N–H and O–H groups in total. The normalized spacial score (nSPS) is 13.3. The van der Waals surface area contributed by atoms with Crippen LogP contribution in [0.2, 0.25) is 0 Å². The van der Waals surface area contributed by atoms with Crippen molar-refractivity contribution in [2.45, 2.75) is 45.1 Å². The first-order valence-corrected chi connectivity index (χ1v) is 8.13. The number of fused-ring (bicyclic) bond motifs is 1. The highest BCUT2D eigenvalue weighted by molar-refractivity contribution is 5.89. The Morgan fingerprint density at radius 1 is 1.12 bits per heavy atom. The number of hydrogen-bond acceptors (Lipinski definition) is 3. The molecule has 3 nitrogen and oxygen atoms in total. The molecule has 1 unspecified atom stereocenters. The molecule has 0 heterocycles. The molecular formula is C20H21F3O3. The van der Waals surface area contributed by atoms with E-state index in [1.807, 2.05) is 42.5 Å². The van der Waals surface area contributed by atoms with Crippen LogP contribution in [0.4, 0.5) is 13.2 Å². The second-order valence-electron chi connectivity index (χ2n) is 6.74. The summed E-state index contributed by atoms with van der Waals surface area (Å²) in [7, 11) is 0. The van der Waals surface area contributed by atoms with Crippen LogP contribution in [0.15, 0.2) is 54.6 Å². The largest absolute Gasteiger partial charge is 0.490 e. The van der Waals surface area contributed by atoms with Gasteiger partial charge in [-0.2, -0.15) is 13.2 Å². The van der Waals surface area contributed by atoms with Crippen LogP contribution in [-0.4, -0.2) is 23.9 Å². The zero-order valence-corrected chi connectivity index (χ0v) is 14.9. The van der Waals surface area contributed by atoms with E-state index < -0.39 is 23.3 Å². The molecule has 0 saturated carbocycles. The van der Waals surface area contributed by atoms with E-state index in [9.17, 15) is 18.0 Å². The van der Waals surface area contributed by atoms with Gasteiger partial charge >= 0.3 is 12.1 Å². The molecule has 26 heavy (non-hydrogen) atoms. The molecule has 0 saturated heterocycles. The molecule has 0 aromatic heterocycles. The van der Waals surface area contributed by atoms with E-state index in [-0.39, 0.29) is 12.5 Å². The predicted octanol–water partition coefficient (Wildman–Crippen LogP) is 5.44. The summed E-state index contributed by atoms with van der Waals surface area (Å²) < 4.78 is 48.6. The second-order valence-corrected chi connectivity index (χ2v) is 6.74. The van der Waals surface area contributed by atoms with Crippen molar-refractivity contribution >= 4 is 16.7 Å². The Hall–Kier alpha value is -2.50. The van der Waals surface area contributed by atoms with Crippen LogP contribution >= 0.6 is 0 Å². The quantitative estimate of drug-likeness (QED) is 0.505. The third-order valence-electron chi connectivity index (χ3n) is 3.81. The summed E-state index contributed by atoms with van der Waals surface area (Å²) >= 11 is 0. The molecule has 0 bridgehead atoms. The molecule has 1 atom stereocenters. The molecule has 0 radical (unpaired) electrons. The van der Waals surface area contributed by atoms with Gasteiger partial charge in [0.2, 0.25) is 0 Å². The third-order valence-corrected chi connectivity index (χ3v) is 3.81. The van der Waals surface area contributed by atoms with Gasteiger partial charge in [0.15, 0.2) is 0 Å². The minimum absolute atomic E-state index is 0.215. The number of carbonyl (C=O) groups excluding carboxylic acids is 1. The number of halogens is 3. The molecule has 0 fully saturated rings. The van der Waals surface area contributed by atoms with Gasteiger partial charge in [-0.05, 0) is 32.2 Å². The summed E-state index contributed by atoms with van der Waals surface area (Å²) in [6.07, 6.45) is -4.98. The monoisotopic (exact) mass is 366 g/mol. The summed E-state index contributed by atoms with van der Waals surface area (Å²) in [6, 6.07) is 13.4. The Morgan fingerprint density at radius 3 is 2.38 bits per heavy atom. The van der Waals surface area contributed by atoms with Crippen molar-refractivity contribution in [2.75, 3.05) is 0 Å². The summed E-state index contributed by atoms with van der Waals surface area (Å²) in [6.45, 7) is 7.61. The number of alkyl halides is 3. The van der Waals surface area contributed by atoms with Crippen LogP contribution in [0, 0.1) is 0 Å². The highest BCUT2D eigenvalue weighted by Gasteiger charge is 2.40. The van der Waals surface area contributed by atoms with Gasteiger partial charge in [-0.1, -0.05) is 43.0 Å². The van der Waals surface area contributed by atoms with E-state index >= 15 is 0 Å². The van der Waals surface area contributed by atoms with Crippen molar-refractivity contribution < 1.29 is 27.4 Å². The maximum Gasteiger partial charge on any atom is 0.422 e. The van der Waals surface area contributed by atoms with E-state index in [0.717, 1.165) is 10.8 Å². The number of rotatable bonds is 6. The molecule has 2 aromatic rings. The smallest absolute Gasteiger partial charge is 0.422 e. The Labute approximate surface area is 150 Å². The predicted molar refractivity (Wildman–Crippen MR) is 94.0 cm³/mol. The molecule has 0 aliphatic carbocycles. The van der Waals surface area contributed by atoms with Crippen LogP contribution in [0.1, 0.15) is 27.2 Å². The van der Waals surface area contributed by atoms with Gasteiger partial charge in [-0.3, -0.25) is 0 Å². The molecule has 0 aliphatic rings. The lowest BCUT2D eigenvalue weighted by Gasteiger charge is -2.29. The lowest BCUT2D eigenvalue weighted by Crippen LogP contribution is -2.35. The van der Waals surface area contributed by atoms with E-state index in [1.165, 1.54) is 13.8 Å². The van der Waals surface area contributed by atoms with Crippen molar-refractivity contribution in [3.05, 3.63) is 54.6 Å². The first-order chi connectivity index (χ1) is 12.0. The Balaban J connectivity index is 2.05. The van der Waals surface area contributed by atoms with E-state index in [0.29, 0.717) is 5.75 Å². The number of ether oxygens (including phenoxy) is 2. The summed E-state index contributed by atoms with van der Waals surface area (Å²) in [5, 5.41) is 1.95. The van der Waals surface area contributed by atoms with Crippen molar-refractivity contribution in [2.24, 2.45) is 0 Å². The fourth-order valence-electron chi connectivity index (χ4n) is 2.72. The second kappa shape index (κ2) is 7.40. The number of esters is 1. The van der Waals surface area contributed by atoms with E-state index in [4.69, 9.17) is 9.47 Å². The fraction of sp³-hybridized carbons (Fsp3) is 0.350. The first-order valence-electron chi connectivity index (χ1n) is 8.13.